The first-order valence-electron chi connectivity index (χ1n) is 6.86. The molecule has 0 bridgehead atoms. The van der Waals surface area contributed by atoms with E-state index in [2.05, 4.69) is 10.5 Å². The summed E-state index contributed by atoms with van der Waals surface area (Å²) in [5, 5.41) is 13.3. The van der Waals surface area contributed by atoms with E-state index in [1.54, 1.807) is 24.3 Å². The van der Waals surface area contributed by atoms with Gasteiger partial charge in [-0.05, 0) is 43.2 Å². The summed E-state index contributed by atoms with van der Waals surface area (Å²) in [6.45, 7) is 3.76. The van der Waals surface area contributed by atoms with E-state index in [0.29, 0.717) is 11.3 Å². The van der Waals surface area contributed by atoms with E-state index in [1.165, 1.54) is 6.21 Å². The summed E-state index contributed by atoms with van der Waals surface area (Å²) in [7, 11) is 0. The number of para-hydroxylation sites is 1. The fourth-order valence-corrected chi connectivity index (χ4v) is 1.81. The number of nitrogens with one attached hydrogen (secondary N) is 1. The highest BCUT2D eigenvalue weighted by Crippen LogP contribution is 2.18. The van der Waals surface area contributed by atoms with E-state index in [1.807, 2.05) is 32.0 Å². The van der Waals surface area contributed by atoms with Crippen LogP contribution in [0, 0.1) is 13.8 Å². The van der Waals surface area contributed by atoms with Gasteiger partial charge in [0.25, 0.3) is 5.91 Å². The van der Waals surface area contributed by atoms with Gasteiger partial charge in [-0.3, -0.25) is 4.79 Å². The second-order valence-electron chi connectivity index (χ2n) is 4.91. The van der Waals surface area contributed by atoms with E-state index >= 15 is 0 Å². The first-order valence-corrected chi connectivity index (χ1v) is 6.86. The normalized spacial score (nSPS) is 10.6. The van der Waals surface area contributed by atoms with Gasteiger partial charge in [0.05, 0.1) is 6.21 Å². The van der Waals surface area contributed by atoms with Crippen LogP contribution in [0.3, 0.4) is 0 Å². The van der Waals surface area contributed by atoms with Gasteiger partial charge in [-0.2, -0.15) is 5.10 Å². The third-order valence-corrected chi connectivity index (χ3v) is 3.03. The average Bonchev–Trinajstić information content (AvgIpc) is 2.50. The third kappa shape index (κ3) is 4.34. The Kier molecular flexibility index (Phi) is 5.14. The average molecular weight is 298 g/mol. The van der Waals surface area contributed by atoms with Crippen LogP contribution in [0.1, 0.15) is 16.7 Å². The van der Waals surface area contributed by atoms with Crippen molar-refractivity contribution in [2.24, 2.45) is 5.10 Å². The number of carbonyl (C=O) groups excluding carboxylic acids is 1. The number of hydrazone groups is 1. The van der Waals surface area contributed by atoms with E-state index < -0.39 is 0 Å². The largest absolute Gasteiger partial charge is 0.507 e. The minimum absolute atomic E-state index is 0.104. The van der Waals surface area contributed by atoms with Gasteiger partial charge in [-0.25, -0.2) is 5.43 Å². The topological polar surface area (TPSA) is 70.9 Å². The number of hydrogen-bond acceptors (Lipinski definition) is 4. The van der Waals surface area contributed by atoms with Gasteiger partial charge in [-0.1, -0.05) is 24.3 Å². The maximum Gasteiger partial charge on any atom is 0.277 e. The van der Waals surface area contributed by atoms with E-state index in [0.717, 1.165) is 11.1 Å². The summed E-state index contributed by atoms with van der Waals surface area (Å²) in [4.78, 5) is 11.7. The van der Waals surface area contributed by atoms with Crippen LogP contribution in [0.25, 0.3) is 0 Å². The van der Waals surface area contributed by atoms with Gasteiger partial charge in [0, 0.05) is 5.56 Å². The molecule has 5 heteroatoms. The zero-order valence-electron chi connectivity index (χ0n) is 12.5. The number of benzene rings is 2. The fourth-order valence-electron chi connectivity index (χ4n) is 1.81. The van der Waals surface area contributed by atoms with E-state index in [9.17, 15) is 9.90 Å². The lowest BCUT2D eigenvalue weighted by Gasteiger charge is -2.08. The van der Waals surface area contributed by atoms with Crippen molar-refractivity contribution in [3.05, 3.63) is 59.2 Å². The smallest absolute Gasteiger partial charge is 0.277 e. The molecule has 0 radical (unpaired) electrons. The molecule has 22 heavy (non-hydrogen) atoms. The van der Waals surface area contributed by atoms with Crippen molar-refractivity contribution in [1.29, 1.82) is 0 Å². The summed E-state index contributed by atoms with van der Waals surface area (Å²) < 4.78 is 5.47. The van der Waals surface area contributed by atoms with Crippen molar-refractivity contribution in [1.82, 2.24) is 5.43 Å². The number of phenols is 1. The van der Waals surface area contributed by atoms with Crippen LogP contribution >= 0.6 is 0 Å². The number of aromatic hydroxyl groups is 1. The van der Waals surface area contributed by atoms with Crippen molar-refractivity contribution in [2.45, 2.75) is 13.8 Å². The molecule has 2 aromatic rings. The van der Waals surface area contributed by atoms with Crippen LogP contribution < -0.4 is 10.2 Å². The van der Waals surface area contributed by atoms with Crippen molar-refractivity contribution in [3.63, 3.8) is 0 Å². The Labute approximate surface area is 129 Å². The first kappa shape index (κ1) is 15.6. The molecule has 0 unspecified atom stereocenters. The first-order chi connectivity index (χ1) is 10.6. The molecule has 0 saturated carbocycles. The van der Waals surface area contributed by atoms with Gasteiger partial charge in [0.2, 0.25) is 0 Å². The molecular formula is C17H18N2O3. The Balaban J connectivity index is 1.86. The Hall–Kier alpha value is -2.82. The maximum atomic E-state index is 11.7. The molecule has 0 aliphatic carbocycles. The number of rotatable bonds is 5. The Morgan fingerprint density at radius 1 is 1.27 bits per heavy atom. The van der Waals surface area contributed by atoms with Gasteiger partial charge in [0.1, 0.15) is 11.5 Å². The van der Waals surface area contributed by atoms with Gasteiger partial charge < -0.3 is 9.84 Å². The molecule has 2 N–H and O–H groups in total. The predicted molar refractivity (Wildman–Crippen MR) is 85.3 cm³/mol. The standard InChI is InChI=1S/C17H18N2O3/c1-12-7-8-13(2)16(9-12)22-11-17(21)19-18-10-14-5-3-4-6-15(14)20/h3-10,20H,11H2,1-2H3,(H,19,21)/b18-10+. The van der Waals surface area contributed by atoms with Crippen molar-refractivity contribution in [2.75, 3.05) is 6.61 Å². The number of carbonyl (C=O) groups is 1. The molecule has 0 aromatic heterocycles. The maximum absolute atomic E-state index is 11.7. The molecule has 0 saturated heterocycles. The number of ether oxygens (including phenoxy) is 1. The Morgan fingerprint density at radius 2 is 2.05 bits per heavy atom. The lowest BCUT2D eigenvalue weighted by molar-refractivity contribution is -0.123. The zero-order chi connectivity index (χ0) is 15.9. The summed E-state index contributed by atoms with van der Waals surface area (Å²) in [5.74, 6) is 0.416. The minimum atomic E-state index is -0.368. The molecule has 5 nitrogen and oxygen atoms in total. The lowest BCUT2D eigenvalue weighted by Crippen LogP contribution is -2.24. The summed E-state index contributed by atoms with van der Waals surface area (Å²) in [5.41, 5.74) is 4.92. The van der Waals surface area contributed by atoms with Crippen LogP contribution in [0.5, 0.6) is 11.5 Å². The van der Waals surface area contributed by atoms with Crippen LogP contribution in [0.2, 0.25) is 0 Å². The molecule has 1 amide bonds. The monoisotopic (exact) mass is 298 g/mol. The van der Waals surface area contributed by atoms with Crippen LogP contribution in [-0.4, -0.2) is 23.8 Å². The number of phenolic OH excluding ortho intramolecular Hbond substituents is 1. The van der Waals surface area contributed by atoms with Crippen LogP contribution in [-0.2, 0) is 4.79 Å². The van der Waals surface area contributed by atoms with E-state index in [4.69, 9.17) is 4.74 Å². The van der Waals surface area contributed by atoms with E-state index in [-0.39, 0.29) is 18.3 Å². The second kappa shape index (κ2) is 7.26. The van der Waals surface area contributed by atoms with Gasteiger partial charge >= 0.3 is 0 Å². The molecule has 0 aliphatic heterocycles. The predicted octanol–water partition coefficient (Wildman–Crippen LogP) is 2.54. The Bertz CT molecular complexity index is 696. The second-order valence-corrected chi connectivity index (χ2v) is 4.91. The third-order valence-electron chi connectivity index (χ3n) is 3.03. The molecule has 0 spiro atoms. The lowest BCUT2D eigenvalue weighted by atomic mass is 10.1. The molecule has 0 aliphatic rings. The summed E-state index contributed by atoms with van der Waals surface area (Å²) >= 11 is 0. The van der Waals surface area contributed by atoms with Crippen molar-refractivity contribution >= 4 is 12.1 Å². The molecule has 0 heterocycles. The highest BCUT2D eigenvalue weighted by atomic mass is 16.5. The summed E-state index contributed by atoms with van der Waals surface area (Å²) in [6.07, 6.45) is 1.38. The SMILES string of the molecule is Cc1ccc(C)c(OCC(=O)N/N=C/c2ccccc2O)c1. The zero-order valence-corrected chi connectivity index (χ0v) is 12.5. The van der Waals surface area contributed by atoms with Gasteiger partial charge in [0.15, 0.2) is 6.61 Å². The highest BCUT2D eigenvalue weighted by molar-refractivity contribution is 5.85. The number of aryl methyl sites for hydroxylation is 2. The number of nitrogens with zero attached hydrogens (tertiary/aromatic N) is 1. The minimum Gasteiger partial charge on any atom is -0.507 e. The number of amides is 1. The van der Waals surface area contributed by atoms with Gasteiger partial charge in [-0.15, -0.1) is 0 Å². The molecule has 2 aromatic carbocycles. The molecule has 114 valence electrons. The molecule has 0 atom stereocenters. The van der Waals surface area contributed by atoms with Crippen LogP contribution in [0.4, 0.5) is 0 Å². The van der Waals surface area contributed by atoms with Crippen molar-refractivity contribution in [3.8, 4) is 11.5 Å². The fraction of sp³-hybridized carbons (Fsp3) is 0.176. The number of hydrogen-bond donors (Lipinski definition) is 2. The quantitative estimate of drug-likeness (QED) is 0.658. The van der Waals surface area contributed by atoms with Crippen molar-refractivity contribution < 1.29 is 14.6 Å². The summed E-state index contributed by atoms with van der Waals surface area (Å²) in [6, 6.07) is 12.5. The molecular weight excluding hydrogens is 280 g/mol. The molecule has 2 rings (SSSR count). The Morgan fingerprint density at radius 3 is 2.82 bits per heavy atom. The molecule has 0 fully saturated rings. The highest BCUT2D eigenvalue weighted by Gasteiger charge is 2.04. The van der Waals surface area contributed by atoms with Crippen LogP contribution in [0.15, 0.2) is 47.6 Å².